The van der Waals surface area contributed by atoms with Crippen LogP contribution in [0.3, 0.4) is 0 Å². The van der Waals surface area contributed by atoms with Gasteiger partial charge in [-0.1, -0.05) is 24.3 Å². The summed E-state index contributed by atoms with van der Waals surface area (Å²) in [6.07, 6.45) is 0.779. The van der Waals surface area contributed by atoms with Gasteiger partial charge in [0.1, 0.15) is 24.2 Å². The zero-order chi connectivity index (χ0) is 17.8. The number of benzene rings is 2. The number of fused-ring (bicyclic) bond motifs is 1. The summed E-state index contributed by atoms with van der Waals surface area (Å²) in [5, 5.41) is 8.87. The van der Waals surface area contributed by atoms with Crippen LogP contribution in [-0.2, 0) is 17.8 Å². The molecule has 0 spiro atoms. The van der Waals surface area contributed by atoms with E-state index in [4.69, 9.17) is 26.0 Å². The molecule has 0 amide bonds. The number of carboxylic acid groups (broad SMARTS) is 1. The predicted molar refractivity (Wildman–Crippen MR) is 93.3 cm³/mol. The third-order valence-corrected chi connectivity index (χ3v) is 4.23. The van der Waals surface area contributed by atoms with Crippen LogP contribution in [0.15, 0.2) is 42.5 Å². The van der Waals surface area contributed by atoms with E-state index in [2.05, 4.69) is 0 Å². The van der Waals surface area contributed by atoms with Gasteiger partial charge >= 0.3 is 5.97 Å². The van der Waals surface area contributed by atoms with Crippen molar-refractivity contribution in [1.29, 1.82) is 0 Å². The Balaban J connectivity index is 1.60. The van der Waals surface area contributed by atoms with E-state index in [0.717, 1.165) is 34.6 Å². The van der Waals surface area contributed by atoms with Gasteiger partial charge in [-0.3, -0.25) is 4.79 Å². The van der Waals surface area contributed by atoms with E-state index in [1.807, 2.05) is 42.5 Å². The number of aryl methyl sites for hydroxylation is 1. The van der Waals surface area contributed by atoms with Gasteiger partial charge in [-0.25, -0.2) is 0 Å². The third kappa shape index (κ3) is 4.49. The van der Waals surface area contributed by atoms with Crippen molar-refractivity contribution >= 4 is 5.97 Å². The van der Waals surface area contributed by atoms with Crippen molar-refractivity contribution in [3.63, 3.8) is 0 Å². The van der Waals surface area contributed by atoms with Gasteiger partial charge in [0.25, 0.3) is 0 Å². The monoisotopic (exact) mass is 342 g/mol. The summed E-state index contributed by atoms with van der Waals surface area (Å²) in [5.41, 5.74) is 14.2. The van der Waals surface area contributed by atoms with E-state index in [-0.39, 0.29) is 12.5 Å². The quantitative estimate of drug-likeness (QED) is 0.696. The van der Waals surface area contributed by atoms with Crippen LogP contribution >= 0.6 is 0 Å². The number of hydrogen-bond acceptors (Lipinski definition) is 5. The van der Waals surface area contributed by atoms with Crippen molar-refractivity contribution in [3.05, 3.63) is 59.2 Å². The van der Waals surface area contributed by atoms with Crippen molar-refractivity contribution in [3.8, 4) is 11.5 Å². The fourth-order valence-corrected chi connectivity index (χ4v) is 2.85. The van der Waals surface area contributed by atoms with Gasteiger partial charge in [0, 0.05) is 0 Å². The first-order valence-corrected chi connectivity index (χ1v) is 8.25. The minimum Gasteiger partial charge on any atom is -0.490 e. The number of hydrogen-bond donors (Lipinski definition) is 3. The number of carbonyl (C=O) groups is 1. The summed E-state index contributed by atoms with van der Waals surface area (Å²) in [7, 11) is 0. The molecule has 1 unspecified atom stereocenters. The summed E-state index contributed by atoms with van der Waals surface area (Å²) in [6, 6.07) is 13.3. The summed E-state index contributed by atoms with van der Waals surface area (Å²) in [6.45, 7) is 0.446. The second kappa shape index (κ2) is 7.55. The second-order valence-electron chi connectivity index (χ2n) is 6.20. The molecule has 25 heavy (non-hydrogen) atoms. The van der Waals surface area contributed by atoms with E-state index in [0.29, 0.717) is 13.0 Å². The molecular formula is C19H22N2O4. The molecular weight excluding hydrogens is 320 g/mol. The SMILES string of the molecule is NC(N)c1ccc(COc2ccc3c(c2)CCC(CC(=O)O)O3)cc1. The minimum absolute atomic E-state index is 0.0279. The molecule has 1 atom stereocenters. The zero-order valence-corrected chi connectivity index (χ0v) is 13.9. The molecule has 3 rings (SSSR count). The van der Waals surface area contributed by atoms with Gasteiger partial charge in [-0.2, -0.15) is 0 Å². The Labute approximate surface area is 146 Å². The predicted octanol–water partition coefficient (Wildman–Crippen LogP) is 2.35. The maximum absolute atomic E-state index is 10.8. The zero-order valence-electron chi connectivity index (χ0n) is 13.9. The van der Waals surface area contributed by atoms with Crippen LogP contribution in [-0.4, -0.2) is 17.2 Å². The number of carboxylic acids is 1. The Kier molecular flexibility index (Phi) is 5.21. The van der Waals surface area contributed by atoms with E-state index in [9.17, 15) is 4.79 Å². The smallest absolute Gasteiger partial charge is 0.307 e. The molecule has 6 nitrogen and oxygen atoms in total. The normalized spacial score (nSPS) is 16.2. The summed E-state index contributed by atoms with van der Waals surface area (Å²) in [5.74, 6) is 0.666. The Bertz CT molecular complexity index is 744. The first-order chi connectivity index (χ1) is 12.0. The Morgan fingerprint density at radius 3 is 2.68 bits per heavy atom. The van der Waals surface area contributed by atoms with Crippen molar-refractivity contribution in [1.82, 2.24) is 0 Å². The molecule has 0 aromatic heterocycles. The van der Waals surface area contributed by atoms with Crippen LogP contribution in [0.1, 0.15) is 35.7 Å². The standard InChI is InChI=1S/C19H22N2O4/c20-19(21)13-3-1-12(2-4-13)11-24-15-7-8-17-14(9-15)5-6-16(25-17)10-18(22)23/h1-4,7-9,16,19H,5-6,10-11,20-21H2,(H,22,23). The van der Waals surface area contributed by atoms with E-state index < -0.39 is 12.1 Å². The van der Waals surface area contributed by atoms with Gasteiger partial charge < -0.3 is 26.0 Å². The molecule has 0 aliphatic carbocycles. The number of nitrogens with two attached hydrogens (primary N) is 2. The van der Waals surface area contributed by atoms with Crippen LogP contribution in [0.25, 0.3) is 0 Å². The first-order valence-electron chi connectivity index (χ1n) is 8.25. The highest BCUT2D eigenvalue weighted by Crippen LogP contribution is 2.32. The van der Waals surface area contributed by atoms with E-state index in [1.165, 1.54) is 0 Å². The molecule has 2 aromatic rings. The van der Waals surface area contributed by atoms with Crippen molar-refractivity contribution in [2.24, 2.45) is 11.5 Å². The first kappa shape index (κ1) is 17.3. The van der Waals surface area contributed by atoms with Crippen LogP contribution < -0.4 is 20.9 Å². The summed E-state index contributed by atoms with van der Waals surface area (Å²) >= 11 is 0. The molecule has 1 heterocycles. The molecule has 0 fully saturated rings. The Morgan fingerprint density at radius 1 is 1.24 bits per heavy atom. The van der Waals surface area contributed by atoms with Gasteiger partial charge in [-0.05, 0) is 47.7 Å². The van der Waals surface area contributed by atoms with Gasteiger partial charge in [0.15, 0.2) is 0 Å². The fourth-order valence-electron chi connectivity index (χ4n) is 2.85. The van der Waals surface area contributed by atoms with Gasteiger partial charge in [-0.15, -0.1) is 0 Å². The lowest BCUT2D eigenvalue weighted by Crippen LogP contribution is -2.25. The molecule has 0 saturated heterocycles. The highest BCUT2D eigenvalue weighted by atomic mass is 16.5. The molecule has 1 aliphatic heterocycles. The molecule has 2 aromatic carbocycles. The lowest BCUT2D eigenvalue weighted by atomic mass is 10.0. The molecule has 0 radical (unpaired) electrons. The lowest BCUT2D eigenvalue weighted by molar-refractivity contribution is -0.139. The van der Waals surface area contributed by atoms with E-state index >= 15 is 0 Å². The van der Waals surface area contributed by atoms with Crippen molar-refractivity contribution < 1.29 is 19.4 Å². The van der Waals surface area contributed by atoms with Gasteiger partial charge in [0.2, 0.25) is 0 Å². The van der Waals surface area contributed by atoms with Crippen LogP contribution in [0.4, 0.5) is 0 Å². The number of rotatable bonds is 6. The molecule has 1 aliphatic rings. The lowest BCUT2D eigenvalue weighted by Gasteiger charge is -2.25. The largest absolute Gasteiger partial charge is 0.490 e. The van der Waals surface area contributed by atoms with Crippen molar-refractivity contribution in [2.75, 3.05) is 0 Å². The number of ether oxygens (including phenoxy) is 2. The molecule has 5 N–H and O–H groups in total. The van der Waals surface area contributed by atoms with E-state index in [1.54, 1.807) is 0 Å². The summed E-state index contributed by atoms with van der Waals surface area (Å²) in [4.78, 5) is 10.8. The molecule has 6 heteroatoms. The van der Waals surface area contributed by atoms with Crippen LogP contribution in [0.5, 0.6) is 11.5 Å². The molecule has 0 bridgehead atoms. The molecule has 132 valence electrons. The average molecular weight is 342 g/mol. The second-order valence-corrected chi connectivity index (χ2v) is 6.20. The van der Waals surface area contributed by atoms with Crippen LogP contribution in [0.2, 0.25) is 0 Å². The van der Waals surface area contributed by atoms with Crippen molar-refractivity contribution in [2.45, 2.75) is 38.1 Å². The van der Waals surface area contributed by atoms with Crippen LogP contribution in [0, 0.1) is 0 Å². The highest BCUT2D eigenvalue weighted by molar-refractivity contribution is 5.67. The Hall–Kier alpha value is -2.57. The average Bonchev–Trinajstić information content (AvgIpc) is 2.59. The minimum atomic E-state index is -0.838. The maximum atomic E-state index is 10.8. The van der Waals surface area contributed by atoms with Gasteiger partial charge in [0.05, 0.1) is 12.6 Å². The maximum Gasteiger partial charge on any atom is 0.307 e. The topological polar surface area (TPSA) is 108 Å². The number of aliphatic carboxylic acids is 1. The highest BCUT2D eigenvalue weighted by Gasteiger charge is 2.22. The fraction of sp³-hybridized carbons (Fsp3) is 0.316. The molecule has 0 saturated carbocycles. The Morgan fingerprint density at radius 2 is 2.00 bits per heavy atom. The third-order valence-electron chi connectivity index (χ3n) is 4.23. The summed E-state index contributed by atoms with van der Waals surface area (Å²) < 4.78 is 11.6.